The summed E-state index contributed by atoms with van der Waals surface area (Å²) in [5.74, 6) is 0.584. The lowest BCUT2D eigenvalue weighted by molar-refractivity contribution is -0.166. The molecule has 0 aromatic rings. The molecule has 0 radical (unpaired) electrons. The van der Waals surface area contributed by atoms with Crippen molar-refractivity contribution in [2.24, 2.45) is 23.7 Å². The minimum Gasteiger partial charge on any atom is -0.462 e. The minimum absolute atomic E-state index is 0.126. The first kappa shape index (κ1) is 11.8. The second kappa shape index (κ2) is 4.41. The van der Waals surface area contributed by atoms with Gasteiger partial charge in [-0.2, -0.15) is 0 Å². The van der Waals surface area contributed by atoms with Crippen LogP contribution in [0, 0.1) is 23.7 Å². The average molecular weight is 250 g/mol. The smallest absolute Gasteiger partial charge is 0.330 e. The third-order valence-electron chi connectivity index (χ3n) is 4.82. The zero-order valence-corrected chi connectivity index (χ0v) is 10.3. The van der Waals surface area contributed by atoms with Crippen molar-refractivity contribution in [2.45, 2.75) is 31.8 Å². The lowest BCUT2D eigenvalue weighted by Crippen LogP contribution is -2.37. The Labute approximate surface area is 106 Å². The molecule has 0 spiro atoms. The Hall–Kier alpha value is -1.32. The van der Waals surface area contributed by atoms with Crippen LogP contribution in [-0.2, 0) is 19.1 Å². The Morgan fingerprint density at radius 3 is 2.94 bits per heavy atom. The third kappa shape index (κ3) is 1.74. The van der Waals surface area contributed by atoms with Gasteiger partial charge in [-0.15, -0.1) is 0 Å². The van der Waals surface area contributed by atoms with Crippen molar-refractivity contribution in [2.75, 3.05) is 6.61 Å². The van der Waals surface area contributed by atoms with Crippen molar-refractivity contribution in [3.8, 4) is 0 Å². The highest BCUT2D eigenvalue weighted by Gasteiger charge is 2.55. The van der Waals surface area contributed by atoms with Crippen LogP contribution in [-0.4, -0.2) is 24.6 Å². The zero-order valence-electron chi connectivity index (χ0n) is 10.3. The summed E-state index contributed by atoms with van der Waals surface area (Å²) in [5.41, 5.74) is 0. The molecule has 3 unspecified atom stereocenters. The van der Waals surface area contributed by atoms with Crippen LogP contribution in [0.4, 0.5) is 0 Å². The van der Waals surface area contributed by atoms with E-state index < -0.39 is 5.97 Å². The average Bonchev–Trinajstić information content (AvgIpc) is 2.93. The molecule has 0 N–H and O–H groups in total. The number of rotatable bonds is 3. The van der Waals surface area contributed by atoms with Crippen LogP contribution in [0.2, 0.25) is 0 Å². The number of carbonyl (C=O) groups excluding carboxylic acids is 2. The van der Waals surface area contributed by atoms with Crippen molar-refractivity contribution in [1.29, 1.82) is 0 Å². The summed E-state index contributed by atoms with van der Waals surface area (Å²) < 4.78 is 10.6. The van der Waals surface area contributed by atoms with Crippen LogP contribution in [0.25, 0.3) is 0 Å². The Morgan fingerprint density at radius 1 is 1.39 bits per heavy atom. The molecule has 2 bridgehead atoms. The quantitative estimate of drug-likeness (QED) is 0.565. The van der Waals surface area contributed by atoms with Gasteiger partial charge in [0.2, 0.25) is 0 Å². The molecule has 98 valence electrons. The van der Waals surface area contributed by atoms with Crippen LogP contribution in [0.3, 0.4) is 0 Å². The standard InChI is InChI=1S/C14H18O4/c1-2-13(15)17-7-11-10-6-12(18-14(11)16)9-5-3-4-8(9)10/h2,8-12H,1,3-7H2/t8?,9?,10-,11?,12+/m1/s1. The van der Waals surface area contributed by atoms with E-state index in [2.05, 4.69) is 6.58 Å². The molecule has 5 atom stereocenters. The molecular formula is C14H18O4. The maximum absolute atomic E-state index is 11.9. The number of hydrogen-bond acceptors (Lipinski definition) is 4. The van der Waals surface area contributed by atoms with Crippen molar-refractivity contribution in [1.82, 2.24) is 0 Å². The van der Waals surface area contributed by atoms with E-state index >= 15 is 0 Å². The van der Waals surface area contributed by atoms with E-state index in [9.17, 15) is 9.59 Å². The number of esters is 2. The van der Waals surface area contributed by atoms with E-state index in [0.29, 0.717) is 17.8 Å². The Morgan fingerprint density at radius 2 is 2.17 bits per heavy atom. The van der Waals surface area contributed by atoms with Gasteiger partial charge < -0.3 is 9.47 Å². The summed E-state index contributed by atoms with van der Waals surface area (Å²) >= 11 is 0. The lowest BCUT2D eigenvalue weighted by atomic mass is 9.82. The first-order valence-corrected chi connectivity index (χ1v) is 6.70. The van der Waals surface area contributed by atoms with Gasteiger partial charge in [-0.3, -0.25) is 4.79 Å². The fourth-order valence-corrected chi connectivity index (χ4v) is 4.06. The molecule has 1 aliphatic heterocycles. The summed E-state index contributed by atoms with van der Waals surface area (Å²) in [4.78, 5) is 23.0. The molecule has 0 aromatic heterocycles. The molecule has 3 rings (SSSR count). The third-order valence-corrected chi connectivity index (χ3v) is 4.82. The van der Waals surface area contributed by atoms with Crippen molar-refractivity contribution < 1.29 is 19.1 Å². The molecule has 0 amide bonds. The molecule has 2 saturated carbocycles. The van der Waals surface area contributed by atoms with Crippen molar-refractivity contribution >= 4 is 11.9 Å². The van der Waals surface area contributed by atoms with Gasteiger partial charge in [-0.05, 0) is 37.0 Å². The molecule has 4 heteroatoms. The highest BCUT2D eigenvalue weighted by molar-refractivity contribution is 5.81. The van der Waals surface area contributed by atoms with E-state index in [4.69, 9.17) is 9.47 Å². The van der Waals surface area contributed by atoms with Gasteiger partial charge in [0.25, 0.3) is 0 Å². The highest BCUT2D eigenvalue weighted by Crippen LogP contribution is 2.54. The summed E-state index contributed by atoms with van der Waals surface area (Å²) in [6.45, 7) is 3.50. The number of ether oxygens (including phenoxy) is 2. The van der Waals surface area contributed by atoms with E-state index in [1.54, 1.807) is 0 Å². The first-order chi connectivity index (χ1) is 8.70. The van der Waals surface area contributed by atoms with Gasteiger partial charge in [-0.1, -0.05) is 13.0 Å². The van der Waals surface area contributed by atoms with Crippen molar-refractivity contribution in [3.05, 3.63) is 12.7 Å². The monoisotopic (exact) mass is 250 g/mol. The molecular weight excluding hydrogens is 232 g/mol. The maximum Gasteiger partial charge on any atom is 0.330 e. The van der Waals surface area contributed by atoms with Gasteiger partial charge >= 0.3 is 11.9 Å². The second-order valence-electron chi connectivity index (χ2n) is 5.57. The van der Waals surface area contributed by atoms with E-state index in [-0.39, 0.29) is 24.6 Å². The Kier molecular flexibility index (Phi) is 2.88. The highest BCUT2D eigenvalue weighted by atomic mass is 16.6. The molecule has 3 aliphatic rings. The van der Waals surface area contributed by atoms with E-state index in [1.165, 1.54) is 19.3 Å². The molecule has 2 aliphatic carbocycles. The van der Waals surface area contributed by atoms with Gasteiger partial charge in [0.05, 0.1) is 5.92 Å². The molecule has 1 saturated heterocycles. The predicted molar refractivity (Wildman–Crippen MR) is 63.5 cm³/mol. The normalized spacial score (nSPS) is 41.1. The fraction of sp³-hybridized carbons (Fsp3) is 0.714. The summed E-state index contributed by atoms with van der Waals surface area (Å²) in [5, 5.41) is 0. The Bertz CT molecular complexity index is 389. The second-order valence-corrected chi connectivity index (χ2v) is 5.57. The summed E-state index contributed by atoms with van der Waals surface area (Å²) in [7, 11) is 0. The number of hydrogen-bond donors (Lipinski definition) is 0. The minimum atomic E-state index is -0.467. The van der Waals surface area contributed by atoms with Crippen LogP contribution in [0.15, 0.2) is 12.7 Å². The van der Waals surface area contributed by atoms with Crippen LogP contribution in [0.5, 0.6) is 0 Å². The van der Waals surface area contributed by atoms with Crippen LogP contribution < -0.4 is 0 Å². The largest absolute Gasteiger partial charge is 0.462 e. The van der Waals surface area contributed by atoms with Crippen molar-refractivity contribution in [3.63, 3.8) is 0 Å². The van der Waals surface area contributed by atoms with Gasteiger partial charge in [0.1, 0.15) is 12.7 Å². The number of fused-ring (bicyclic) bond motifs is 5. The summed E-state index contributed by atoms with van der Waals surface area (Å²) in [6, 6.07) is 0. The molecule has 4 nitrogen and oxygen atoms in total. The first-order valence-electron chi connectivity index (χ1n) is 6.70. The number of carbonyl (C=O) groups is 2. The van der Waals surface area contributed by atoms with Gasteiger partial charge in [0.15, 0.2) is 0 Å². The molecule has 0 aromatic carbocycles. The van der Waals surface area contributed by atoms with E-state index in [0.717, 1.165) is 12.5 Å². The van der Waals surface area contributed by atoms with Crippen LogP contribution in [0.1, 0.15) is 25.7 Å². The zero-order chi connectivity index (χ0) is 12.7. The molecule has 3 fully saturated rings. The maximum atomic E-state index is 11.9. The molecule has 18 heavy (non-hydrogen) atoms. The summed E-state index contributed by atoms with van der Waals surface area (Å²) in [6.07, 6.45) is 5.81. The predicted octanol–water partition coefficient (Wildman–Crippen LogP) is 1.69. The van der Waals surface area contributed by atoms with E-state index in [1.807, 2.05) is 0 Å². The fourth-order valence-electron chi connectivity index (χ4n) is 4.06. The van der Waals surface area contributed by atoms with Gasteiger partial charge in [0, 0.05) is 6.08 Å². The SMILES string of the molecule is C=CC(=O)OCC1C(=O)O[C@H]2C[C@@H]1C1CCCC12. The topological polar surface area (TPSA) is 52.6 Å². The lowest BCUT2D eigenvalue weighted by Gasteiger charge is -2.29. The van der Waals surface area contributed by atoms with Gasteiger partial charge in [-0.25, -0.2) is 4.79 Å². The molecule has 1 heterocycles. The van der Waals surface area contributed by atoms with Crippen LogP contribution >= 0.6 is 0 Å². The Balaban J connectivity index is 1.71.